The van der Waals surface area contributed by atoms with Crippen molar-refractivity contribution in [3.63, 3.8) is 0 Å². The second-order valence-corrected chi connectivity index (χ2v) is 1.98. The number of nitrogens with one attached hydrogen (secondary N) is 1. The molecular weight excluding hydrogens is 130 g/mol. The van der Waals surface area contributed by atoms with Gasteiger partial charge in [-0.05, 0) is 12.1 Å². The highest BCUT2D eigenvalue weighted by atomic mass is 16.1. The lowest BCUT2D eigenvalue weighted by Crippen LogP contribution is -2.09. The second kappa shape index (κ2) is 1.70. The van der Waals surface area contributed by atoms with E-state index in [2.05, 4.69) is 10.2 Å². The number of hydrogen-bond acceptors (Lipinski definition) is 2. The first kappa shape index (κ1) is 5.22. The number of fused-ring (bicyclic) bond motifs is 1. The van der Waals surface area contributed by atoms with E-state index < -0.39 is 0 Å². The Labute approximate surface area is 56.1 Å². The highest BCUT2D eigenvalue weighted by Gasteiger charge is 1.89. The summed E-state index contributed by atoms with van der Waals surface area (Å²) in [4.78, 5) is 10.7. The van der Waals surface area contributed by atoms with Crippen molar-refractivity contribution in [2.24, 2.45) is 0 Å². The van der Waals surface area contributed by atoms with Gasteiger partial charge in [-0.3, -0.25) is 4.79 Å². The maximum Gasteiger partial charge on any atom is 0.264 e. The molecule has 0 aliphatic carbocycles. The first-order chi connectivity index (χ1) is 4.86. The molecule has 2 aromatic heterocycles. The van der Waals surface area contributed by atoms with Crippen molar-refractivity contribution >= 4 is 5.52 Å². The predicted octanol–water partition coefficient (Wildman–Crippen LogP) is 0.0226. The van der Waals surface area contributed by atoms with Crippen molar-refractivity contribution in [1.29, 1.82) is 0 Å². The molecule has 10 heavy (non-hydrogen) atoms. The van der Waals surface area contributed by atoms with E-state index in [1.54, 1.807) is 12.3 Å². The summed E-state index contributed by atoms with van der Waals surface area (Å²) in [5.41, 5.74) is 0.746. The lowest BCUT2D eigenvalue weighted by atomic mass is 10.5. The van der Waals surface area contributed by atoms with Gasteiger partial charge in [0.15, 0.2) is 0 Å². The van der Waals surface area contributed by atoms with Crippen LogP contribution in [0.1, 0.15) is 0 Å². The second-order valence-electron chi connectivity index (χ2n) is 1.98. The zero-order valence-corrected chi connectivity index (χ0v) is 5.11. The maximum atomic E-state index is 10.7. The minimum atomic E-state index is -0.142. The zero-order valence-electron chi connectivity index (χ0n) is 5.11. The van der Waals surface area contributed by atoms with Gasteiger partial charge in [-0.25, -0.2) is 5.10 Å². The Kier molecular flexibility index (Phi) is 0.887. The summed E-state index contributed by atoms with van der Waals surface area (Å²) in [5.74, 6) is 0. The van der Waals surface area contributed by atoms with Crippen LogP contribution in [0.2, 0.25) is 0 Å². The zero-order chi connectivity index (χ0) is 6.97. The molecule has 1 N–H and O–H groups in total. The molecular formula is C6H5N3O. The first-order valence-electron chi connectivity index (χ1n) is 2.89. The molecule has 2 rings (SSSR count). The van der Waals surface area contributed by atoms with Crippen LogP contribution in [0.5, 0.6) is 0 Å². The SMILES string of the molecule is O=c1ccc2ccnn2[nH]1. The van der Waals surface area contributed by atoms with Crippen LogP contribution >= 0.6 is 0 Å². The number of aromatic amines is 1. The van der Waals surface area contributed by atoms with Crippen LogP contribution in [0, 0.1) is 0 Å². The van der Waals surface area contributed by atoms with Gasteiger partial charge in [0.2, 0.25) is 0 Å². The molecule has 4 nitrogen and oxygen atoms in total. The topological polar surface area (TPSA) is 50.2 Å². The molecule has 0 bridgehead atoms. The van der Waals surface area contributed by atoms with E-state index in [1.165, 1.54) is 10.7 Å². The molecule has 0 spiro atoms. The van der Waals surface area contributed by atoms with Gasteiger partial charge in [0, 0.05) is 6.07 Å². The number of hydrogen-bond donors (Lipinski definition) is 1. The van der Waals surface area contributed by atoms with Crippen molar-refractivity contribution < 1.29 is 0 Å². The Bertz CT molecular complexity index is 400. The number of rotatable bonds is 0. The van der Waals surface area contributed by atoms with E-state index in [-0.39, 0.29) is 5.56 Å². The third kappa shape index (κ3) is 0.621. The highest BCUT2D eigenvalue weighted by molar-refractivity contribution is 5.42. The van der Waals surface area contributed by atoms with Gasteiger partial charge in [0.1, 0.15) is 0 Å². The van der Waals surface area contributed by atoms with Crippen LogP contribution < -0.4 is 5.56 Å². The van der Waals surface area contributed by atoms with E-state index in [1.807, 2.05) is 6.07 Å². The third-order valence-electron chi connectivity index (χ3n) is 1.29. The average molecular weight is 135 g/mol. The monoisotopic (exact) mass is 135 g/mol. The molecule has 4 heteroatoms. The fourth-order valence-corrected chi connectivity index (χ4v) is 0.836. The van der Waals surface area contributed by atoms with E-state index in [0.717, 1.165) is 5.52 Å². The van der Waals surface area contributed by atoms with E-state index in [0.29, 0.717) is 0 Å². The average Bonchev–Trinajstić information content (AvgIpc) is 2.33. The Morgan fingerprint density at radius 2 is 2.30 bits per heavy atom. The van der Waals surface area contributed by atoms with Crippen LogP contribution in [-0.2, 0) is 0 Å². The van der Waals surface area contributed by atoms with Crippen molar-refractivity contribution in [3.05, 3.63) is 34.7 Å². The highest BCUT2D eigenvalue weighted by Crippen LogP contribution is 1.93. The minimum absolute atomic E-state index is 0.142. The number of H-pyrrole nitrogens is 1. The van der Waals surface area contributed by atoms with Crippen LogP contribution in [0.4, 0.5) is 0 Å². The van der Waals surface area contributed by atoms with Crippen molar-refractivity contribution in [2.75, 3.05) is 0 Å². The quantitative estimate of drug-likeness (QED) is 0.553. The van der Waals surface area contributed by atoms with Gasteiger partial charge in [-0.1, -0.05) is 0 Å². The Balaban J connectivity index is 2.99. The minimum Gasteiger partial charge on any atom is -0.268 e. The summed E-state index contributed by atoms with van der Waals surface area (Å²) in [6.07, 6.45) is 1.63. The normalized spacial score (nSPS) is 10.4. The molecule has 0 aromatic carbocycles. The molecule has 0 aliphatic heterocycles. The van der Waals surface area contributed by atoms with Gasteiger partial charge in [-0.15, -0.1) is 0 Å². The van der Waals surface area contributed by atoms with Crippen LogP contribution in [-0.4, -0.2) is 14.8 Å². The first-order valence-corrected chi connectivity index (χ1v) is 2.89. The van der Waals surface area contributed by atoms with Gasteiger partial charge in [0.05, 0.1) is 11.7 Å². The maximum absolute atomic E-state index is 10.7. The van der Waals surface area contributed by atoms with Gasteiger partial charge >= 0.3 is 0 Å². The molecule has 0 unspecified atom stereocenters. The summed E-state index contributed by atoms with van der Waals surface area (Å²) in [6.45, 7) is 0. The van der Waals surface area contributed by atoms with E-state index in [9.17, 15) is 4.79 Å². The summed E-state index contributed by atoms with van der Waals surface area (Å²) in [5, 5.41) is 6.36. The Morgan fingerprint density at radius 3 is 3.20 bits per heavy atom. The standard InChI is InChI=1S/C6H5N3O/c10-6-2-1-5-3-4-7-9(5)8-6/h1-4H,(H,8,10). The van der Waals surface area contributed by atoms with Gasteiger partial charge in [-0.2, -0.15) is 9.73 Å². The lowest BCUT2D eigenvalue weighted by molar-refractivity contribution is 0.781. The molecule has 0 fully saturated rings. The fraction of sp³-hybridized carbons (Fsp3) is 0. The molecule has 0 saturated heterocycles. The summed E-state index contributed by atoms with van der Waals surface area (Å²) in [6, 6.07) is 5.00. The summed E-state index contributed by atoms with van der Waals surface area (Å²) >= 11 is 0. The molecule has 2 heterocycles. The van der Waals surface area contributed by atoms with Crippen LogP contribution in [0.25, 0.3) is 5.52 Å². The molecule has 2 aromatic rings. The molecule has 0 atom stereocenters. The fourth-order valence-electron chi connectivity index (χ4n) is 0.836. The number of aromatic nitrogens is 3. The summed E-state index contributed by atoms with van der Waals surface area (Å²) in [7, 11) is 0. The van der Waals surface area contributed by atoms with Gasteiger partial charge in [0.25, 0.3) is 5.56 Å². The molecule has 0 aliphatic rings. The summed E-state index contributed by atoms with van der Waals surface area (Å²) < 4.78 is 1.43. The smallest absolute Gasteiger partial charge is 0.264 e. The van der Waals surface area contributed by atoms with Crippen molar-refractivity contribution in [3.8, 4) is 0 Å². The number of nitrogens with zero attached hydrogens (tertiary/aromatic N) is 2. The largest absolute Gasteiger partial charge is 0.268 e. The van der Waals surface area contributed by atoms with E-state index >= 15 is 0 Å². The van der Waals surface area contributed by atoms with Crippen molar-refractivity contribution in [1.82, 2.24) is 14.8 Å². The Hall–Kier alpha value is -1.58. The molecule has 0 saturated carbocycles. The third-order valence-corrected chi connectivity index (χ3v) is 1.29. The molecule has 0 radical (unpaired) electrons. The van der Waals surface area contributed by atoms with Crippen LogP contribution in [0.3, 0.4) is 0 Å². The van der Waals surface area contributed by atoms with Gasteiger partial charge < -0.3 is 0 Å². The van der Waals surface area contributed by atoms with E-state index in [4.69, 9.17) is 0 Å². The Morgan fingerprint density at radius 1 is 1.40 bits per heavy atom. The lowest BCUT2D eigenvalue weighted by Gasteiger charge is -1.87. The molecule has 0 amide bonds. The molecule has 50 valence electrons. The van der Waals surface area contributed by atoms with Crippen LogP contribution in [0.15, 0.2) is 29.2 Å². The van der Waals surface area contributed by atoms with Crippen molar-refractivity contribution in [2.45, 2.75) is 0 Å². The predicted molar refractivity (Wildman–Crippen MR) is 35.8 cm³/mol.